The molecule has 21 heavy (non-hydrogen) atoms. The Balaban J connectivity index is 1.57. The molecule has 0 bridgehead atoms. The van der Waals surface area contributed by atoms with E-state index in [0.29, 0.717) is 12.5 Å². The number of urea groups is 1. The molecular formula is C14H18N6O. The van der Waals surface area contributed by atoms with Gasteiger partial charge in [-0.2, -0.15) is 4.80 Å². The van der Waals surface area contributed by atoms with E-state index in [0.717, 1.165) is 19.3 Å². The Morgan fingerprint density at radius 1 is 1.43 bits per heavy atom. The van der Waals surface area contributed by atoms with Gasteiger partial charge in [-0.1, -0.05) is 29.4 Å². The van der Waals surface area contributed by atoms with E-state index in [2.05, 4.69) is 50.3 Å². The van der Waals surface area contributed by atoms with Gasteiger partial charge in [0.1, 0.15) is 0 Å². The second kappa shape index (κ2) is 5.90. The fourth-order valence-corrected chi connectivity index (χ4v) is 2.76. The van der Waals surface area contributed by atoms with Crippen LogP contribution < -0.4 is 10.6 Å². The van der Waals surface area contributed by atoms with Crippen molar-refractivity contribution in [3.8, 4) is 0 Å². The summed E-state index contributed by atoms with van der Waals surface area (Å²) in [6.45, 7) is 0.614. The molecule has 0 fully saturated rings. The summed E-state index contributed by atoms with van der Waals surface area (Å²) >= 11 is 0. The lowest BCUT2D eigenvalue weighted by molar-refractivity contribution is 0.251. The summed E-state index contributed by atoms with van der Waals surface area (Å²) in [4.78, 5) is 13.1. The fourth-order valence-electron chi connectivity index (χ4n) is 2.76. The lowest BCUT2D eigenvalue weighted by Gasteiger charge is -2.25. The van der Waals surface area contributed by atoms with Crippen LogP contribution in [0.5, 0.6) is 0 Å². The molecule has 1 aromatic heterocycles. The molecule has 1 aromatic carbocycles. The number of hydrogen-bond donors (Lipinski definition) is 2. The molecule has 7 nitrogen and oxygen atoms in total. The smallest absolute Gasteiger partial charge is 0.321 e. The molecule has 1 heterocycles. The quantitative estimate of drug-likeness (QED) is 0.894. The molecule has 0 saturated heterocycles. The minimum absolute atomic E-state index is 0.207. The SMILES string of the molecule is Cn1nnc(NC(=O)NCC2CCCc3ccccc32)n1. The first-order valence-electron chi connectivity index (χ1n) is 7.09. The highest BCUT2D eigenvalue weighted by atomic mass is 16.2. The Labute approximate surface area is 122 Å². The molecule has 2 amide bonds. The number of aromatic nitrogens is 4. The van der Waals surface area contributed by atoms with Crippen molar-refractivity contribution in [3.05, 3.63) is 35.4 Å². The number of hydrogen-bond acceptors (Lipinski definition) is 4. The minimum atomic E-state index is -0.300. The zero-order valence-corrected chi connectivity index (χ0v) is 11.9. The van der Waals surface area contributed by atoms with Crippen LogP contribution in [0.1, 0.15) is 29.9 Å². The maximum absolute atomic E-state index is 11.8. The molecule has 1 aliphatic carbocycles. The predicted molar refractivity (Wildman–Crippen MR) is 77.9 cm³/mol. The van der Waals surface area contributed by atoms with Crippen molar-refractivity contribution in [2.75, 3.05) is 11.9 Å². The number of tetrazole rings is 1. The number of anilines is 1. The van der Waals surface area contributed by atoms with Crippen molar-refractivity contribution in [3.63, 3.8) is 0 Å². The van der Waals surface area contributed by atoms with E-state index in [9.17, 15) is 4.79 Å². The molecule has 1 atom stereocenters. The number of carbonyl (C=O) groups is 1. The first-order valence-corrected chi connectivity index (χ1v) is 7.09. The van der Waals surface area contributed by atoms with E-state index >= 15 is 0 Å². The van der Waals surface area contributed by atoms with Crippen molar-refractivity contribution in [2.24, 2.45) is 7.05 Å². The van der Waals surface area contributed by atoms with Gasteiger partial charge in [-0.15, -0.1) is 5.10 Å². The third kappa shape index (κ3) is 3.18. The summed E-state index contributed by atoms with van der Waals surface area (Å²) in [7, 11) is 1.65. The van der Waals surface area contributed by atoms with E-state index in [1.807, 2.05) is 0 Å². The molecule has 7 heteroatoms. The first-order chi connectivity index (χ1) is 10.2. The number of aryl methyl sites for hydroxylation is 2. The number of nitrogens with one attached hydrogen (secondary N) is 2. The number of amides is 2. The van der Waals surface area contributed by atoms with Crippen LogP contribution in [0.25, 0.3) is 0 Å². The third-order valence-electron chi connectivity index (χ3n) is 3.74. The highest BCUT2D eigenvalue weighted by Crippen LogP contribution is 2.30. The van der Waals surface area contributed by atoms with E-state index in [1.54, 1.807) is 7.05 Å². The summed E-state index contributed by atoms with van der Waals surface area (Å²) in [5.41, 5.74) is 2.74. The van der Waals surface area contributed by atoms with Crippen LogP contribution >= 0.6 is 0 Å². The van der Waals surface area contributed by atoms with Crippen LogP contribution in [0.3, 0.4) is 0 Å². The Bertz CT molecular complexity index is 638. The van der Waals surface area contributed by atoms with E-state index in [4.69, 9.17) is 0 Å². The number of nitrogens with zero attached hydrogens (tertiary/aromatic N) is 4. The molecular weight excluding hydrogens is 268 g/mol. The van der Waals surface area contributed by atoms with Gasteiger partial charge in [0.05, 0.1) is 7.05 Å². The first kappa shape index (κ1) is 13.5. The second-order valence-electron chi connectivity index (χ2n) is 5.23. The van der Waals surface area contributed by atoms with Crippen LogP contribution in [0.15, 0.2) is 24.3 Å². The summed E-state index contributed by atoms with van der Waals surface area (Å²) in [6.07, 6.45) is 3.39. The monoisotopic (exact) mass is 286 g/mol. The maximum atomic E-state index is 11.8. The summed E-state index contributed by atoms with van der Waals surface area (Å²) < 4.78 is 0. The Morgan fingerprint density at radius 3 is 3.10 bits per heavy atom. The minimum Gasteiger partial charge on any atom is -0.337 e. The highest BCUT2D eigenvalue weighted by Gasteiger charge is 2.20. The van der Waals surface area contributed by atoms with Gasteiger partial charge < -0.3 is 5.32 Å². The average molecular weight is 286 g/mol. The van der Waals surface area contributed by atoms with Crippen molar-refractivity contribution in [2.45, 2.75) is 25.2 Å². The van der Waals surface area contributed by atoms with Gasteiger partial charge in [-0.3, -0.25) is 5.32 Å². The standard InChI is InChI=1S/C14H18N6O/c1-20-18-13(17-19-20)16-14(21)15-9-11-7-4-6-10-5-2-3-8-12(10)11/h2-3,5,8,11H,4,6-7,9H2,1H3,(H2,15,16,18,21). The highest BCUT2D eigenvalue weighted by molar-refractivity contribution is 5.87. The number of carbonyl (C=O) groups excluding carboxylic acids is 1. The molecule has 3 rings (SSSR count). The lowest BCUT2D eigenvalue weighted by Crippen LogP contribution is -2.33. The van der Waals surface area contributed by atoms with Crippen LogP contribution in [-0.4, -0.2) is 32.8 Å². The molecule has 2 N–H and O–H groups in total. The number of rotatable bonds is 3. The molecule has 0 radical (unpaired) electrons. The van der Waals surface area contributed by atoms with Gasteiger partial charge in [-0.05, 0) is 35.6 Å². The van der Waals surface area contributed by atoms with Crippen molar-refractivity contribution in [1.29, 1.82) is 0 Å². The van der Waals surface area contributed by atoms with Crippen LogP contribution in [0.4, 0.5) is 10.7 Å². The molecule has 2 aromatic rings. The molecule has 0 saturated carbocycles. The van der Waals surface area contributed by atoms with E-state index < -0.39 is 0 Å². The van der Waals surface area contributed by atoms with Gasteiger partial charge in [0.2, 0.25) is 0 Å². The average Bonchev–Trinajstić information content (AvgIpc) is 2.90. The molecule has 110 valence electrons. The normalized spacial score (nSPS) is 17.1. The summed E-state index contributed by atoms with van der Waals surface area (Å²) in [5.74, 6) is 0.578. The molecule has 0 aliphatic heterocycles. The zero-order chi connectivity index (χ0) is 14.7. The second-order valence-corrected chi connectivity index (χ2v) is 5.23. The zero-order valence-electron chi connectivity index (χ0n) is 11.9. The van der Waals surface area contributed by atoms with E-state index in [1.165, 1.54) is 15.9 Å². The molecule has 1 unspecified atom stereocenters. The van der Waals surface area contributed by atoms with Gasteiger partial charge in [0.25, 0.3) is 5.95 Å². The number of benzene rings is 1. The van der Waals surface area contributed by atoms with Crippen LogP contribution in [0.2, 0.25) is 0 Å². The Hall–Kier alpha value is -2.44. The van der Waals surface area contributed by atoms with Gasteiger partial charge in [-0.25, -0.2) is 4.79 Å². The number of fused-ring (bicyclic) bond motifs is 1. The Morgan fingerprint density at radius 2 is 2.29 bits per heavy atom. The third-order valence-corrected chi connectivity index (χ3v) is 3.74. The van der Waals surface area contributed by atoms with Gasteiger partial charge in [0.15, 0.2) is 0 Å². The van der Waals surface area contributed by atoms with Crippen molar-refractivity contribution in [1.82, 2.24) is 25.5 Å². The maximum Gasteiger partial charge on any atom is 0.321 e. The largest absolute Gasteiger partial charge is 0.337 e. The van der Waals surface area contributed by atoms with Crippen LogP contribution in [-0.2, 0) is 13.5 Å². The van der Waals surface area contributed by atoms with Gasteiger partial charge >= 0.3 is 6.03 Å². The van der Waals surface area contributed by atoms with E-state index in [-0.39, 0.29) is 12.0 Å². The van der Waals surface area contributed by atoms with Crippen molar-refractivity contribution >= 4 is 12.0 Å². The lowest BCUT2D eigenvalue weighted by atomic mass is 9.83. The predicted octanol–water partition coefficient (Wildman–Crippen LogP) is 1.45. The molecule has 0 spiro atoms. The van der Waals surface area contributed by atoms with Crippen LogP contribution in [0, 0.1) is 0 Å². The topological polar surface area (TPSA) is 84.7 Å². The van der Waals surface area contributed by atoms with Crippen molar-refractivity contribution < 1.29 is 4.79 Å². The summed E-state index contributed by atoms with van der Waals surface area (Å²) in [6, 6.07) is 8.15. The Kier molecular flexibility index (Phi) is 3.81. The fraction of sp³-hybridized carbons (Fsp3) is 0.429. The summed E-state index contributed by atoms with van der Waals surface area (Å²) in [5, 5.41) is 16.7. The molecule has 1 aliphatic rings. The van der Waals surface area contributed by atoms with Gasteiger partial charge in [0, 0.05) is 12.5 Å².